The first-order chi connectivity index (χ1) is 15.9. The number of sulfonamides is 1. The van der Waals surface area contributed by atoms with Crippen molar-refractivity contribution >= 4 is 27.8 Å². The minimum Gasteiger partial charge on any atom is -0.493 e. The topological polar surface area (TPSA) is 82.1 Å². The van der Waals surface area contributed by atoms with Crippen molar-refractivity contribution in [3.05, 3.63) is 83.9 Å². The van der Waals surface area contributed by atoms with Gasteiger partial charge in [0.05, 0.1) is 24.8 Å². The number of methoxy groups -OCH3 is 2. The number of carbonyl (C=O) groups excluding carboxylic acids is 1. The van der Waals surface area contributed by atoms with Gasteiger partial charge < -0.3 is 14.2 Å². The van der Waals surface area contributed by atoms with Crippen molar-refractivity contribution in [3.8, 4) is 17.2 Å². The molecular weight excluding hydrogens is 442 g/mol. The SMILES string of the molecule is COc1cccc(OC)c1OC(=O)C=Cc1ccc(S(=O)(=O)N2CCc3ccccc32)cc1. The molecule has 0 aliphatic carbocycles. The molecule has 0 bridgehead atoms. The summed E-state index contributed by atoms with van der Waals surface area (Å²) >= 11 is 0. The van der Waals surface area contributed by atoms with Gasteiger partial charge in [-0.2, -0.15) is 0 Å². The number of rotatable bonds is 7. The molecule has 0 spiro atoms. The lowest BCUT2D eigenvalue weighted by molar-refractivity contribution is -0.129. The molecule has 7 nitrogen and oxygen atoms in total. The van der Waals surface area contributed by atoms with Gasteiger partial charge in [0.15, 0.2) is 11.5 Å². The third-order valence-corrected chi connectivity index (χ3v) is 7.14. The van der Waals surface area contributed by atoms with Crippen molar-refractivity contribution in [2.75, 3.05) is 25.1 Å². The Morgan fingerprint density at radius 3 is 2.24 bits per heavy atom. The van der Waals surface area contributed by atoms with Crippen LogP contribution in [0.2, 0.25) is 0 Å². The number of nitrogens with zero attached hydrogens (tertiary/aromatic N) is 1. The van der Waals surface area contributed by atoms with Crippen LogP contribution in [0.15, 0.2) is 77.7 Å². The molecule has 1 aliphatic heterocycles. The van der Waals surface area contributed by atoms with E-state index in [1.165, 1.54) is 36.7 Å². The van der Waals surface area contributed by atoms with Crippen molar-refractivity contribution in [1.29, 1.82) is 0 Å². The maximum atomic E-state index is 13.1. The molecule has 1 heterocycles. The lowest BCUT2D eigenvalue weighted by atomic mass is 10.2. The van der Waals surface area contributed by atoms with Crippen molar-refractivity contribution in [2.45, 2.75) is 11.3 Å². The van der Waals surface area contributed by atoms with Crippen molar-refractivity contribution in [1.82, 2.24) is 0 Å². The second-order valence-corrected chi connectivity index (χ2v) is 9.13. The van der Waals surface area contributed by atoms with Gasteiger partial charge in [0.1, 0.15) is 0 Å². The maximum absolute atomic E-state index is 13.1. The number of esters is 1. The Kier molecular flexibility index (Phi) is 6.37. The van der Waals surface area contributed by atoms with Gasteiger partial charge in [-0.3, -0.25) is 4.31 Å². The normalized spacial score (nSPS) is 13.1. The summed E-state index contributed by atoms with van der Waals surface area (Å²) in [5.74, 6) is 0.302. The average Bonchev–Trinajstić information content (AvgIpc) is 3.28. The minimum absolute atomic E-state index is 0.185. The van der Waals surface area contributed by atoms with E-state index in [1.54, 1.807) is 36.4 Å². The predicted molar refractivity (Wildman–Crippen MR) is 125 cm³/mol. The summed E-state index contributed by atoms with van der Waals surface area (Å²) in [7, 11) is -0.725. The molecule has 0 atom stereocenters. The zero-order chi connectivity index (χ0) is 23.4. The molecule has 3 aromatic carbocycles. The molecule has 0 aromatic heterocycles. The molecule has 4 rings (SSSR count). The Labute approximate surface area is 192 Å². The molecular formula is C25H23NO6S. The van der Waals surface area contributed by atoms with Gasteiger partial charge in [0.2, 0.25) is 5.75 Å². The molecule has 33 heavy (non-hydrogen) atoms. The summed E-state index contributed by atoms with van der Waals surface area (Å²) in [4.78, 5) is 12.5. The molecule has 0 saturated carbocycles. The predicted octanol–water partition coefficient (Wildman–Crippen LogP) is 4.07. The largest absolute Gasteiger partial charge is 0.493 e. The number of carbonyl (C=O) groups is 1. The van der Waals surface area contributed by atoms with Crippen LogP contribution in [0.1, 0.15) is 11.1 Å². The van der Waals surface area contributed by atoms with Crippen LogP contribution in [0.3, 0.4) is 0 Å². The summed E-state index contributed by atoms with van der Waals surface area (Å²) in [6.45, 7) is 0.418. The van der Waals surface area contributed by atoms with Gasteiger partial charge in [0, 0.05) is 12.6 Å². The Bertz CT molecular complexity index is 1280. The maximum Gasteiger partial charge on any atom is 0.336 e. The van der Waals surface area contributed by atoms with Crippen molar-refractivity contribution in [3.63, 3.8) is 0 Å². The molecule has 3 aromatic rings. The summed E-state index contributed by atoms with van der Waals surface area (Å²) in [5.41, 5.74) is 2.39. The van der Waals surface area contributed by atoms with E-state index < -0.39 is 16.0 Å². The fraction of sp³-hybridized carbons (Fsp3) is 0.160. The highest BCUT2D eigenvalue weighted by Crippen LogP contribution is 2.37. The summed E-state index contributed by atoms with van der Waals surface area (Å²) in [5, 5.41) is 0. The highest BCUT2D eigenvalue weighted by atomic mass is 32.2. The van der Waals surface area contributed by atoms with Crippen LogP contribution in [0.5, 0.6) is 17.2 Å². The molecule has 1 aliphatic rings. The second kappa shape index (κ2) is 9.38. The summed E-state index contributed by atoms with van der Waals surface area (Å²) < 4.78 is 43.5. The standard InChI is InChI=1S/C25H23NO6S/c1-30-22-8-5-9-23(31-2)25(22)32-24(27)15-12-18-10-13-20(14-11-18)33(28,29)26-17-16-19-6-3-4-7-21(19)26/h3-15H,16-17H2,1-2H3. The number of hydrogen-bond donors (Lipinski definition) is 0. The third kappa shape index (κ3) is 4.56. The zero-order valence-corrected chi connectivity index (χ0v) is 19.0. The molecule has 8 heteroatoms. The molecule has 0 amide bonds. The van der Waals surface area contributed by atoms with Gasteiger partial charge in [-0.1, -0.05) is 36.4 Å². The van der Waals surface area contributed by atoms with Crippen LogP contribution in [-0.2, 0) is 21.2 Å². The van der Waals surface area contributed by atoms with Crippen molar-refractivity contribution in [2.24, 2.45) is 0 Å². The van der Waals surface area contributed by atoms with Gasteiger partial charge in [-0.05, 0) is 54.0 Å². The lowest BCUT2D eigenvalue weighted by Gasteiger charge is -2.19. The van der Waals surface area contributed by atoms with Crippen LogP contribution in [0.4, 0.5) is 5.69 Å². The lowest BCUT2D eigenvalue weighted by Crippen LogP contribution is -2.29. The first kappa shape index (κ1) is 22.4. The van der Waals surface area contributed by atoms with Gasteiger partial charge in [-0.25, -0.2) is 13.2 Å². The van der Waals surface area contributed by atoms with Crippen LogP contribution < -0.4 is 18.5 Å². The Morgan fingerprint density at radius 2 is 1.58 bits per heavy atom. The van der Waals surface area contributed by atoms with Crippen LogP contribution >= 0.6 is 0 Å². The van der Waals surface area contributed by atoms with E-state index in [4.69, 9.17) is 14.2 Å². The van der Waals surface area contributed by atoms with Gasteiger partial charge in [0.25, 0.3) is 10.0 Å². The summed E-state index contributed by atoms with van der Waals surface area (Å²) in [6.07, 6.45) is 3.49. The van der Waals surface area contributed by atoms with Crippen LogP contribution in [0.25, 0.3) is 6.08 Å². The summed E-state index contributed by atoms with van der Waals surface area (Å²) in [6, 6.07) is 18.9. The number of benzene rings is 3. The fourth-order valence-corrected chi connectivity index (χ4v) is 5.16. The van der Waals surface area contributed by atoms with Crippen molar-refractivity contribution < 1.29 is 27.4 Å². The van der Waals surface area contributed by atoms with E-state index in [-0.39, 0.29) is 10.6 Å². The highest BCUT2D eigenvalue weighted by molar-refractivity contribution is 7.92. The van der Waals surface area contributed by atoms with E-state index in [0.717, 1.165) is 11.3 Å². The van der Waals surface area contributed by atoms with Gasteiger partial charge >= 0.3 is 5.97 Å². The smallest absolute Gasteiger partial charge is 0.336 e. The van der Waals surface area contributed by atoms with Crippen LogP contribution in [0, 0.1) is 0 Å². The van der Waals surface area contributed by atoms with E-state index in [1.807, 2.05) is 24.3 Å². The molecule has 0 unspecified atom stereocenters. The quantitative estimate of drug-likeness (QED) is 0.297. The number of ether oxygens (including phenoxy) is 3. The van der Waals surface area contributed by atoms with Gasteiger partial charge in [-0.15, -0.1) is 0 Å². The highest BCUT2D eigenvalue weighted by Gasteiger charge is 2.30. The number of fused-ring (bicyclic) bond motifs is 1. The fourth-order valence-electron chi connectivity index (χ4n) is 3.65. The molecule has 0 saturated heterocycles. The molecule has 0 fully saturated rings. The van der Waals surface area contributed by atoms with E-state index in [0.29, 0.717) is 30.0 Å². The number of hydrogen-bond acceptors (Lipinski definition) is 6. The van der Waals surface area contributed by atoms with Crippen LogP contribution in [-0.4, -0.2) is 35.2 Å². The Hall–Kier alpha value is -3.78. The molecule has 0 radical (unpaired) electrons. The third-order valence-electron chi connectivity index (χ3n) is 5.31. The second-order valence-electron chi connectivity index (χ2n) is 7.27. The first-order valence-corrected chi connectivity index (χ1v) is 11.7. The molecule has 170 valence electrons. The Morgan fingerprint density at radius 1 is 0.909 bits per heavy atom. The first-order valence-electron chi connectivity index (χ1n) is 10.3. The number of para-hydroxylation sites is 2. The average molecular weight is 466 g/mol. The number of anilines is 1. The zero-order valence-electron chi connectivity index (χ0n) is 18.2. The Balaban J connectivity index is 1.48. The minimum atomic E-state index is -3.67. The van der Waals surface area contributed by atoms with E-state index in [9.17, 15) is 13.2 Å². The monoisotopic (exact) mass is 465 g/mol. The van der Waals surface area contributed by atoms with E-state index >= 15 is 0 Å². The van der Waals surface area contributed by atoms with E-state index in [2.05, 4.69) is 0 Å². The molecule has 0 N–H and O–H groups in total.